The highest BCUT2D eigenvalue weighted by atomic mass is 79.9. The molecule has 4 aromatic rings. The lowest BCUT2D eigenvalue weighted by Crippen LogP contribution is -2.29. The number of rotatable bonds is 1. The van der Waals surface area contributed by atoms with E-state index < -0.39 is 14.2 Å². The van der Waals surface area contributed by atoms with Crippen LogP contribution in [0, 0.1) is 13.8 Å². The van der Waals surface area contributed by atoms with Crippen LogP contribution in [0.2, 0.25) is 6.82 Å². The van der Waals surface area contributed by atoms with Crippen molar-refractivity contribution in [2.75, 3.05) is 5.83 Å². The van der Waals surface area contributed by atoms with E-state index in [0.29, 0.717) is 10.9 Å². The lowest BCUT2D eigenvalue weighted by atomic mass is 9.82. The molecule has 0 fully saturated rings. The van der Waals surface area contributed by atoms with Crippen molar-refractivity contribution in [2.45, 2.75) is 90.9 Å². The second-order valence-electron chi connectivity index (χ2n) is 6.64. The van der Waals surface area contributed by atoms with Crippen molar-refractivity contribution in [3.05, 3.63) is 109 Å². The predicted molar refractivity (Wildman–Crippen MR) is 211 cm³/mol. The average Bonchev–Trinajstić information content (AvgIpc) is 3.08. The number of hydrogen-bond acceptors (Lipinski definition) is 8. The molecule has 0 aliphatic heterocycles. The van der Waals surface area contributed by atoms with Crippen molar-refractivity contribution in [1.29, 1.82) is 0 Å². The zero-order valence-corrected chi connectivity index (χ0v) is 30.5. The van der Waals surface area contributed by atoms with Crippen molar-refractivity contribution in [2.24, 2.45) is 0 Å². The van der Waals surface area contributed by atoms with E-state index in [0.717, 1.165) is 0 Å². The second kappa shape index (κ2) is 57.7. The Balaban J connectivity index is -0.0000000612. The fraction of sp³-hybridized carbons (Fsp3) is 0.412. The van der Waals surface area contributed by atoms with E-state index in [1.807, 2.05) is 112 Å². The zero-order valence-electron chi connectivity index (χ0n) is 28.9. The van der Waals surface area contributed by atoms with Gasteiger partial charge in [0.1, 0.15) is 7.85 Å². The highest BCUT2D eigenvalue weighted by molar-refractivity contribution is 9.08. The first kappa shape index (κ1) is 62.0. The molecule has 4 heterocycles. The molecule has 12 heteroatoms. The van der Waals surface area contributed by atoms with Crippen molar-refractivity contribution in [1.82, 2.24) is 19.9 Å². The van der Waals surface area contributed by atoms with Gasteiger partial charge in [-0.25, -0.2) is 0 Å². The van der Waals surface area contributed by atoms with Crippen LogP contribution < -0.4 is 10.9 Å². The maximum atomic E-state index is 8.54. The molecule has 0 saturated carbocycles. The Morgan fingerprint density at radius 2 is 0.826 bits per heavy atom. The van der Waals surface area contributed by atoms with Gasteiger partial charge in [0.25, 0.3) is 0 Å². The topological polar surface area (TPSA) is 132 Å². The molecule has 0 aromatic carbocycles. The first-order valence-electron chi connectivity index (χ1n) is 14.6. The minimum absolute atomic E-state index is 0. The lowest BCUT2D eigenvalue weighted by molar-refractivity contribution is 0.417. The lowest BCUT2D eigenvalue weighted by Gasteiger charge is -1.93. The number of pyridine rings is 4. The van der Waals surface area contributed by atoms with Gasteiger partial charge in [-0.1, -0.05) is 116 Å². The quantitative estimate of drug-likeness (QED) is 0.124. The maximum absolute atomic E-state index is 8.54. The summed E-state index contributed by atoms with van der Waals surface area (Å²) in [6.07, 6.45) is 13.5. The highest BCUT2D eigenvalue weighted by Crippen LogP contribution is 1.89. The highest BCUT2D eigenvalue weighted by Gasteiger charge is 2.08. The van der Waals surface area contributed by atoms with Gasteiger partial charge in [-0.15, -0.1) is 0 Å². The monoisotopic (exact) mass is 704 g/mol. The molecule has 0 amide bonds. The standard InChI is InChI=1S/2C6H7N.C5H6BNO2.C5H4BN.4C2H6.CH5BO2.CH3Br.2CH4/c2*1-6-3-2-4-7-5-6;8-6(9)5-2-1-3-7-4-5;6-5-2-1-3-7-4-5;4*1-2;1-2(3)4;1-2;;/h2*2-5H,1H3;1-4,8-9H;1-4H;4*1-2H3;3-4H,1H3;1H3;2*1H4. The van der Waals surface area contributed by atoms with Gasteiger partial charge in [0.05, 0.1) is 0 Å². The van der Waals surface area contributed by atoms with Crippen LogP contribution in [0.4, 0.5) is 0 Å². The summed E-state index contributed by atoms with van der Waals surface area (Å²) in [5.74, 6) is 1.81. The summed E-state index contributed by atoms with van der Waals surface area (Å²) in [4.78, 5) is 15.2. The maximum Gasteiger partial charge on any atom is 0.490 e. The summed E-state index contributed by atoms with van der Waals surface area (Å²) in [6, 6.07) is 14.7. The van der Waals surface area contributed by atoms with E-state index >= 15 is 0 Å². The summed E-state index contributed by atoms with van der Waals surface area (Å²) in [5.41, 5.74) is 3.55. The number of aromatic nitrogens is 4. The molecule has 0 spiro atoms. The van der Waals surface area contributed by atoms with Gasteiger partial charge in [-0.2, -0.15) is 0 Å². The molecule has 4 rings (SSSR count). The van der Waals surface area contributed by atoms with E-state index in [9.17, 15) is 0 Å². The first-order valence-corrected chi connectivity index (χ1v) is 16.2. The van der Waals surface area contributed by atoms with Gasteiger partial charge < -0.3 is 20.1 Å². The van der Waals surface area contributed by atoms with Crippen molar-refractivity contribution in [3.8, 4) is 0 Å². The summed E-state index contributed by atoms with van der Waals surface area (Å²) in [7, 11) is 2.72. The molecule has 0 aliphatic rings. The third-order valence-electron chi connectivity index (χ3n) is 3.29. The van der Waals surface area contributed by atoms with Crippen LogP contribution in [0.5, 0.6) is 0 Å². The van der Waals surface area contributed by atoms with Crippen LogP contribution in [-0.4, -0.2) is 67.9 Å². The van der Waals surface area contributed by atoms with Gasteiger partial charge in [-0.05, 0) is 61.9 Å². The van der Waals surface area contributed by atoms with Crippen LogP contribution in [0.15, 0.2) is 98.1 Å². The van der Waals surface area contributed by atoms with Crippen molar-refractivity contribution in [3.63, 3.8) is 0 Å². The van der Waals surface area contributed by atoms with Crippen LogP contribution in [0.3, 0.4) is 0 Å². The van der Waals surface area contributed by atoms with E-state index in [1.54, 1.807) is 55.2 Å². The normalized spacial score (nSPS) is 6.98. The van der Waals surface area contributed by atoms with Crippen molar-refractivity contribution < 1.29 is 20.1 Å². The number of halogens is 1. The minimum Gasteiger partial charge on any atom is -0.427 e. The van der Waals surface area contributed by atoms with E-state index in [2.05, 4.69) is 35.9 Å². The molecular formula is C34H64B3BrN4O4. The smallest absolute Gasteiger partial charge is 0.427 e. The van der Waals surface area contributed by atoms with Crippen LogP contribution in [0.1, 0.15) is 81.4 Å². The summed E-state index contributed by atoms with van der Waals surface area (Å²) >= 11 is 2.94. The first-order chi connectivity index (χ1) is 21.2. The number of alkyl halides is 1. The molecule has 8 nitrogen and oxygen atoms in total. The minimum atomic E-state index is -1.40. The predicted octanol–water partition coefficient (Wildman–Crippen LogP) is 6.89. The Kier molecular flexibility index (Phi) is 77.8. The number of aryl methyl sites for hydroxylation is 2. The molecule has 0 unspecified atom stereocenters. The number of nitrogens with zero attached hydrogens (tertiary/aromatic N) is 4. The molecule has 0 atom stereocenters. The molecule has 0 saturated heterocycles. The fourth-order valence-electron chi connectivity index (χ4n) is 1.80. The fourth-order valence-corrected chi connectivity index (χ4v) is 1.80. The summed E-state index contributed by atoms with van der Waals surface area (Å²) < 4.78 is 0. The Hall–Kier alpha value is -2.89. The van der Waals surface area contributed by atoms with Gasteiger partial charge in [0, 0.05) is 55.0 Å². The largest absolute Gasteiger partial charge is 0.490 e. The van der Waals surface area contributed by atoms with Gasteiger partial charge >= 0.3 is 14.2 Å². The second-order valence-corrected chi connectivity index (χ2v) is 6.64. The molecule has 2 radical (unpaired) electrons. The van der Waals surface area contributed by atoms with E-state index in [4.69, 9.17) is 27.9 Å². The van der Waals surface area contributed by atoms with Crippen LogP contribution in [-0.2, 0) is 0 Å². The average molecular weight is 705 g/mol. The molecule has 260 valence electrons. The third kappa shape index (κ3) is 60.3. The van der Waals surface area contributed by atoms with Gasteiger partial charge in [0.15, 0.2) is 0 Å². The molecule has 0 bridgehead atoms. The van der Waals surface area contributed by atoms with Crippen LogP contribution >= 0.6 is 15.9 Å². The third-order valence-corrected chi connectivity index (χ3v) is 3.29. The van der Waals surface area contributed by atoms with Gasteiger partial charge in [-0.3, -0.25) is 19.9 Å². The Bertz CT molecular complexity index is 877. The number of hydrogen-bond donors (Lipinski definition) is 4. The van der Waals surface area contributed by atoms with E-state index in [-0.39, 0.29) is 14.9 Å². The molecular weight excluding hydrogens is 641 g/mol. The Morgan fingerprint density at radius 1 is 0.543 bits per heavy atom. The molecule has 46 heavy (non-hydrogen) atoms. The van der Waals surface area contributed by atoms with Gasteiger partial charge in [0.2, 0.25) is 0 Å². The van der Waals surface area contributed by atoms with E-state index in [1.165, 1.54) is 24.1 Å². The summed E-state index contributed by atoms with van der Waals surface area (Å²) in [6.45, 7) is 21.3. The SMILES string of the molecule is C.C.CB(O)O.CBr.CC.CC.CC.CC.Cc1cccnc1.Cc1cccnc1.OB(O)c1cccnc1.[B]c1cccnc1. The van der Waals surface area contributed by atoms with Crippen molar-refractivity contribution >= 4 is 48.9 Å². The zero-order chi connectivity index (χ0) is 35.6. The molecule has 0 aliphatic carbocycles. The molecule has 4 aromatic heterocycles. The van der Waals surface area contributed by atoms with Crippen LogP contribution in [0.25, 0.3) is 0 Å². The molecule has 4 N–H and O–H groups in total. The summed E-state index contributed by atoms with van der Waals surface area (Å²) in [5, 5.41) is 32.3. The Labute approximate surface area is 294 Å². The Morgan fingerprint density at radius 3 is 0.935 bits per heavy atom.